The molecular weight excluding hydrogens is 540 g/mol. The average molecular weight is 579 g/mol. The van der Waals surface area contributed by atoms with Crippen molar-refractivity contribution in [2.24, 2.45) is 11.1 Å². The number of para-hydroxylation sites is 1. The molecule has 42 heavy (non-hydrogen) atoms. The number of nitrogens with zero attached hydrogens (tertiary/aromatic N) is 4. The Morgan fingerprint density at radius 3 is 2.24 bits per heavy atom. The lowest BCUT2D eigenvalue weighted by Gasteiger charge is -2.39. The zero-order valence-corrected chi connectivity index (χ0v) is 24.3. The third-order valence-electron chi connectivity index (χ3n) is 7.07. The molecule has 12 nitrogen and oxygen atoms in total. The summed E-state index contributed by atoms with van der Waals surface area (Å²) in [7, 11) is 0. The molecule has 1 aliphatic rings. The maximum absolute atomic E-state index is 13.6. The molecule has 0 radical (unpaired) electrons. The average Bonchev–Trinajstić information content (AvgIpc) is 3.32. The number of nitrogens with one attached hydrogen (secondary N) is 1. The molecule has 2 aromatic carbocycles. The number of benzene rings is 2. The predicted octanol–water partition coefficient (Wildman–Crippen LogP) is 2.34. The van der Waals surface area contributed by atoms with Crippen LogP contribution in [0.5, 0.6) is 17.4 Å². The molecule has 224 valence electrons. The molecule has 2 heterocycles. The third-order valence-corrected chi connectivity index (χ3v) is 7.07. The standard InChI is InChI=1S/C30H38N6O6/c1-19-16-25(36(33-19)21-8-6-5-7-9-21)42-29(41)35-14-12-34(13-15-35)28(40)26(30(2,3)4)32-27(39)22(31)17-20-10-11-23(37)24(38)18-20/h5-11,16,18,22,26,37-38H,12-15,17,31H2,1-4H3,(H,32,39). The minimum absolute atomic E-state index is 0.105. The van der Waals surface area contributed by atoms with E-state index in [0.717, 1.165) is 5.69 Å². The van der Waals surface area contributed by atoms with Crippen molar-refractivity contribution in [3.63, 3.8) is 0 Å². The van der Waals surface area contributed by atoms with Gasteiger partial charge in [0, 0.05) is 32.2 Å². The number of ether oxygens (including phenoxy) is 1. The summed E-state index contributed by atoms with van der Waals surface area (Å²) in [6.07, 6.45) is -0.431. The topological polar surface area (TPSA) is 163 Å². The number of nitrogens with two attached hydrogens (primary N) is 1. The maximum atomic E-state index is 13.6. The number of hydrogen-bond donors (Lipinski definition) is 4. The highest BCUT2D eigenvalue weighted by Crippen LogP contribution is 2.26. The van der Waals surface area contributed by atoms with Crippen LogP contribution in [-0.2, 0) is 16.0 Å². The van der Waals surface area contributed by atoms with Crippen molar-refractivity contribution in [2.75, 3.05) is 26.2 Å². The maximum Gasteiger partial charge on any atom is 0.416 e. The molecule has 3 aromatic rings. The van der Waals surface area contributed by atoms with Gasteiger partial charge in [-0.15, -0.1) is 0 Å². The van der Waals surface area contributed by atoms with Gasteiger partial charge >= 0.3 is 6.09 Å². The molecule has 0 aliphatic carbocycles. The summed E-state index contributed by atoms with van der Waals surface area (Å²) in [4.78, 5) is 42.7. The number of aromatic hydroxyl groups is 2. The van der Waals surface area contributed by atoms with Crippen molar-refractivity contribution in [1.29, 1.82) is 0 Å². The molecule has 5 N–H and O–H groups in total. The van der Waals surface area contributed by atoms with E-state index in [0.29, 0.717) is 17.1 Å². The van der Waals surface area contributed by atoms with Crippen LogP contribution in [-0.4, -0.2) is 86.0 Å². The molecule has 12 heteroatoms. The van der Waals surface area contributed by atoms with Gasteiger partial charge in [-0.05, 0) is 48.6 Å². The van der Waals surface area contributed by atoms with Crippen LogP contribution in [0.25, 0.3) is 5.69 Å². The van der Waals surface area contributed by atoms with Gasteiger partial charge in [0.15, 0.2) is 11.5 Å². The minimum atomic E-state index is -0.980. The molecule has 1 aromatic heterocycles. The van der Waals surface area contributed by atoms with Gasteiger partial charge in [-0.1, -0.05) is 45.0 Å². The van der Waals surface area contributed by atoms with E-state index in [-0.39, 0.29) is 50.0 Å². The third kappa shape index (κ3) is 7.19. The lowest BCUT2D eigenvalue weighted by molar-refractivity contribution is -0.141. The summed E-state index contributed by atoms with van der Waals surface area (Å²) in [5.41, 5.74) is 7.54. The van der Waals surface area contributed by atoms with Gasteiger partial charge in [-0.3, -0.25) is 9.59 Å². The highest BCUT2D eigenvalue weighted by Gasteiger charge is 2.38. The van der Waals surface area contributed by atoms with Crippen LogP contribution >= 0.6 is 0 Å². The molecule has 0 spiro atoms. The Kier molecular flexibility index (Phi) is 9.05. The van der Waals surface area contributed by atoms with E-state index < -0.39 is 29.5 Å². The van der Waals surface area contributed by atoms with Crippen molar-refractivity contribution in [3.05, 3.63) is 65.9 Å². The molecule has 1 fully saturated rings. The van der Waals surface area contributed by atoms with Gasteiger partial charge in [0.05, 0.1) is 17.4 Å². The van der Waals surface area contributed by atoms with E-state index >= 15 is 0 Å². The predicted molar refractivity (Wildman–Crippen MR) is 155 cm³/mol. The molecular formula is C30H38N6O6. The molecule has 1 saturated heterocycles. The summed E-state index contributed by atoms with van der Waals surface area (Å²) < 4.78 is 7.25. The van der Waals surface area contributed by atoms with E-state index in [1.54, 1.807) is 21.7 Å². The molecule has 4 rings (SSSR count). The summed E-state index contributed by atoms with van der Waals surface area (Å²) in [5.74, 6) is -1.05. The van der Waals surface area contributed by atoms with Crippen LogP contribution in [0.1, 0.15) is 32.0 Å². The second-order valence-electron chi connectivity index (χ2n) is 11.5. The number of carbonyl (C=O) groups is 3. The quantitative estimate of drug-likeness (QED) is 0.311. The monoisotopic (exact) mass is 578 g/mol. The number of aromatic nitrogens is 2. The van der Waals surface area contributed by atoms with Crippen molar-refractivity contribution >= 4 is 17.9 Å². The number of hydrogen-bond acceptors (Lipinski definition) is 8. The number of amides is 3. The number of rotatable bonds is 7. The van der Waals surface area contributed by atoms with Crippen molar-refractivity contribution in [3.8, 4) is 23.1 Å². The van der Waals surface area contributed by atoms with E-state index in [2.05, 4.69) is 10.4 Å². The first-order valence-corrected chi connectivity index (χ1v) is 13.8. The van der Waals surface area contributed by atoms with Gasteiger partial charge in [-0.2, -0.15) is 5.10 Å². The highest BCUT2D eigenvalue weighted by molar-refractivity contribution is 5.90. The summed E-state index contributed by atoms with van der Waals surface area (Å²) in [6, 6.07) is 13.4. The second kappa shape index (κ2) is 12.5. The van der Waals surface area contributed by atoms with Crippen LogP contribution in [0.2, 0.25) is 0 Å². The van der Waals surface area contributed by atoms with E-state index in [1.807, 2.05) is 58.0 Å². The fraction of sp³-hybridized carbons (Fsp3) is 0.400. The Labute approximate surface area is 244 Å². The number of piperazine rings is 1. The Morgan fingerprint density at radius 1 is 0.976 bits per heavy atom. The SMILES string of the molecule is Cc1cc(OC(=O)N2CCN(C(=O)C(NC(=O)C(N)Cc3ccc(O)c(O)c3)C(C)(C)C)CC2)n(-c2ccccc2)n1. The van der Waals surface area contributed by atoms with Crippen molar-refractivity contribution in [2.45, 2.75) is 46.2 Å². The Morgan fingerprint density at radius 2 is 1.62 bits per heavy atom. The molecule has 2 unspecified atom stereocenters. The normalized spacial score (nSPS) is 15.2. The number of carbonyl (C=O) groups excluding carboxylic acids is 3. The van der Waals surface area contributed by atoms with Crippen LogP contribution in [0.3, 0.4) is 0 Å². The summed E-state index contributed by atoms with van der Waals surface area (Å²) in [6.45, 7) is 8.44. The highest BCUT2D eigenvalue weighted by atomic mass is 16.6. The smallest absolute Gasteiger partial charge is 0.416 e. The number of aryl methyl sites for hydroxylation is 1. The number of phenolic OH excluding ortho intramolecular Hbond substituents is 2. The van der Waals surface area contributed by atoms with Gasteiger partial charge in [-0.25, -0.2) is 9.48 Å². The van der Waals surface area contributed by atoms with Gasteiger partial charge in [0.25, 0.3) is 0 Å². The van der Waals surface area contributed by atoms with Crippen LogP contribution < -0.4 is 15.8 Å². The van der Waals surface area contributed by atoms with Crippen molar-refractivity contribution in [1.82, 2.24) is 24.9 Å². The molecule has 3 amide bonds. The Bertz CT molecular complexity index is 1430. The Hall–Kier alpha value is -4.58. The molecule has 0 saturated carbocycles. The first-order chi connectivity index (χ1) is 19.8. The second-order valence-corrected chi connectivity index (χ2v) is 11.5. The molecule has 1 aliphatic heterocycles. The van der Waals surface area contributed by atoms with Crippen LogP contribution in [0.4, 0.5) is 4.79 Å². The lowest BCUT2D eigenvalue weighted by Crippen LogP contribution is -2.61. The lowest BCUT2D eigenvalue weighted by atomic mass is 9.85. The van der Waals surface area contributed by atoms with Gasteiger partial charge in [0.1, 0.15) is 6.04 Å². The zero-order valence-electron chi connectivity index (χ0n) is 24.3. The summed E-state index contributed by atoms with van der Waals surface area (Å²) in [5, 5.41) is 26.5. The fourth-order valence-electron chi connectivity index (χ4n) is 4.69. The first kappa shape index (κ1) is 30.4. The molecule has 0 bridgehead atoms. The van der Waals surface area contributed by atoms with Gasteiger partial charge in [0.2, 0.25) is 17.7 Å². The minimum Gasteiger partial charge on any atom is -0.504 e. The first-order valence-electron chi connectivity index (χ1n) is 13.8. The van der Waals surface area contributed by atoms with Gasteiger partial charge < -0.3 is 35.8 Å². The van der Waals surface area contributed by atoms with E-state index in [1.165, 1.54) is 17.0 Å². The fourth-order valence-corrected chi connectivity index (χ4v) is 4.69. The number of phenols is 2. The van der Waals surface area contributed by atoms with Crippen LogP contribution in [0, 0.1) is 12.3 Å². The molecule has 2 atom stereocenters. The Balaban J connectivity index is 1.35. The van der Waals surface area contributed by atoms with E-state index in [4.69, 9.17) is 10.5 Å². The van der Waals surface area contributed by atoms with Crippen molar-refractivity contribution < 1.29 is 29.3 Å². The zero-order chi connectivity index (χ0) is 30.6. The van der Waals surface area contributed by atoms with Crippen LogP contribution in [0.15, 0.2) is 54.6 Å². The largest absolute Gasteiger partial charge is 0.504 e. The van der Waals surface area contributed by atoms with E-state index in [9.17, 15) is 24.6 Å². The summed E-state index contributed by atoms with van der Waals surface area (Å²) >= 11 is 0.